The van der Waals surface area contributed by atoms with Gasteiger partial charge in [-0.2, -0.15) is 0 Å². The number of hydrogen-bond donors (Lipinski definition) is 1. The Bertz CT molecular complexity index is 823. The predicted octanol–water partition coefficient (Wildman–Crippen LogP) is 2.98. The first kappa shape index (κ1) is 18.3. The lowest BCUT2D eigenvalue weighted by atomic mass is 10.2. The van der Waals surface area contributed by atoms with E-state index < -0.39 is 10.0 Å². The molecule has 0 aliphatic carbocycles. The van der Waals surface area contributed by atoms with E-state index in [1.54, 1.807) is 50.2 Å². The maximum absolute atomic E-state index is 13.0. The molecule has 24 heavy (non-hydrogen) atoms. The first-order valence-corrected chi connectivity index (χ1v) is 9.28. The molecule has 7 heteroatoms. The van der Waals surface area contributed by atoms with E-state index >= 15 is 0 Å². The van der Waals surface area contributed by atoms with Gasteiger partial charge in [0, 0.05) is 11.6 Å². The summed E-state index contributed by atoms with van der Waals surface area (Å²) in [4.78, 5) is 12.2. The second kappa shape index (κ2) is 7.68. The number of benzene rings is 2. The van der Waals surface area contributed by atoms with Crippen molar-refractivity contribution in [2.75, 3.05) is 17.4 Å². The molecular weight excluding hydrogens is 348 g/mol. The smallest absolute Gasteiger partial charge is 0.264 e. The molecule has 0 aliphatic heterocycles. The number of likely N-dealkylation sites (N-methyl/N-ethyl adjacent to an activating group) is 1. The number of hydrogen-bond acceptors (Lipinski definition) is 3. The Hall–Kier alpha value is -2.05. The molecule has 0 spiro atoms. The molecule has 128 valence electrons. The second-order valence-corrected chi connectivity index (χ2v) is 7.51. The fraction of sp³-hybridized carbons (Fsp3) is 0.235. The fourth-order valence-electron chi connectivity index (χ4n) is 2.25. The lowest BCUT2D eigenvalue weighted by Gasteiger charge is -2.25. The maximum Gasteiger partial charge on any atom is 0.264 e. The average molecular weight is 367 g/mol. The zero-order valence-electron chi connectivity index (χ0n) is 13.5. The van der Waals surface area contributed by atoms with Crippen molar-refractivity contribution in [3.05, 3.63) is 59.1 Å². The van der Waals surface area contributed by atoms with Gasteiger partial charge in [0.05, 0.1) is 10.6 Å². The minimum atomic E-state index is -3.89. The van der Waals surface area contributed by atoms with Crippen molar-refractivity contribution in [3.8, 4) is 0 Å². The number of sulfonamides is 1. The first-order chi connectivity index (χ1) is 11.4. The van der Waals surface area contributed by atoms with Crippen molar-refractivity contribution in [1.29, 1.82) is 0 Å². The summed E-state index contributed by atoms with van der Waals surface area (Å²) >= 11 is 6.03. The molecule has 0 aliphatic rings. The van der Waals surface area contributed by atoms with Crippen LogP contribution in [0.5, 0.6) is 0 Å². The lowest BCUT2D eigenvalue weighted by molar-refractivity contribution is -0.119. The zero-order chi connectivity index (χ0) is 17.7. The first-order valence-electron chi connectivity index (χ1n) is 7.47. The summed E-state index contributed by atoms with van der Waals surface area (Å²) in [5.41, 5.74) is 1.10. The highest BCUT2D eigenvalue weighted by molar-refractivity contribution is 7.92. The van der Waals surface area contributed by atoms with Crippen molar-refractivity contribution in [2.24, 2.45) is 0 Å². The number of amides is 1. The summed E-state index contributed by atoms with van der Waals surface area (Å²) in [5.74, 6) is -0.378. The number of rotatable bonds is 6. The molecule has 2 rings (SSSR count). The highest BCUT2D eigenvalue weighted by Gasteiger charge is 2.28. The van der Waals surface area contributed by atoms with Crippen LogP contribution in [0.4, 0.5) is 5.69 Å². The number of carbonyl (C=O) groups is 1. The molecule has 2 aromatic rings. The van der Waals surface area contributed by atoms with Crippen LogP contribution in [0.15, 0.2) is 53.4 Å². The summed E-state index contributed by atoms with van der Waals surface area (Å²) in [5, 5.41) is 3.03. The number of halogens is 1. The molecule has 1 N–H and O–H groups in total. The molecule has 0 atom stereocenters. The number of nitrogens with one attached hydrogen (secondary N) is 1. The predicted molar refractivity (Wildman–Crippen MR) is 95.8 cm³/mol. The summed E-state index contributed by atoms with van der Waals surface area (Å²) in [7, 11) is -3.89. The van der Waals surface area contributed by atoms with Crippen molar-refractivity contribution in [1.82, 2.24) is 5.32 Å². The number of aryl methyl sites for hydroxylation is 1. The average Bonchev–Trinajstić information content (AvgIpc) is 2.56. The van der Waals surface area contributed by atoms with Gasteiger partial charge in [-0.05, 0) is 43.7 Å². The summed E-state index contributed by atoms with van der Waals surface area (Å²) in [6, 6.07) is 13.0. The van der Waals surface area contributed by atoms with Gasteiger partial charge in [0.1, 0.15) is 6.54 Å². The van der Waals surface area contributed by atoms with Gasteiger partial charge in [0.25, 0.3) is 10.0 Å². The maximum atomic E-state index is 13.0. The Kier molecular flexibility index (Phi) is 5.85. The van der Waals surface area contributed by atoms with Crippen LogP contribution in [0, 0.1) is 6.92 Å². The minimum Gasteiger partial charge on any atom is -0.355 e. The molecular formula is C17H19ClN2O3S. The Morgan fingerprint density at radius 3 is 2.46 bits per heavy atom. The third-order valence-corrected chi connectivity index (χ3v) is 5.44. The van der Waals surface area contributed by atoms with E-state index in [2.05, 4.69) is 5.32 Å². The van der Waals surface area contributed by atoms with Gasteiger partial charge < -0.3 is 5.32 Å². The Morgan fingerprint density at radius 1 is 1.17 bits per heavy atom. The van der Waals surface area contributed by atoms with E-state index in [0.29, 0.717) is 22.8 Å². The third kappa shape index (κ3) is 4.07. The van der Waals surface area contributed by atoms with Gasteiger partial charge in [-0.15, -0.1) is 0 Å². The molecule has 0 unspecified atom stereocenters. The van der Waals surface area contributed by atoms with Gasteiger partial charge in [-0.25, -0.2) is 8.42 Å². The Morgan fingerprint density at radius 2 is 1.83 bits per heavy atom. The zero-order valence-corrected chi connectivity index (χ0v) is 15.1. The van der Waals surface area contributed by atoms with Crippen molar-refractivity contribution >= 4 is 33.2 Å². The Labute approximate surface area is 147 Å². The summed E-state index contributed by atoms with van der Waals surface area (Å²) in [6.45, 7) is 3.66. The lowest BCUT2D eigenvalue weighted by Crippen LogP contribution is -2.41. The molecule has 0 saturated heterocycles. The monoisotopic (exact) mass is 366 g/mol. The topological polar surface area (TPSA) is 66.5 Å². The van der Waals surface area contributed by atoms with Crippen molar-refractivity contribution in [3.63, 3.8) is 0 Å². The Balaban J connectivity index is 2.55. The molecule has 0 saturated carbocycles. The van der Waals surface area contributed by atoms with Crippen LogP contribution in [0.25, 0.3) is 0 Å². The standard InChI is InChI=1S/C17H19ClN2O3S/c1-3-19-17(21)12-20(16-11-14(18)10-9-13(16)2)24(22,23)15-7-5-4-6-8-15/h4-11H,3,12H2,1-2H3,(H,19,21). The molecule has 0 fully saturated rings. The number of carbonyl (C=O) groups excluding carboxylic acids is 1. The molecule has 2 aromatic carbocycles. The van der Waals surface area contributed by atoms with Crippen molar-refractivity contribution < 1.29 is 13.2 Å². The molecule has 0 radical (unpaired) electrons. The third-order valence-electron chi connectivity index (χ3n) is 3.43. The van der Waals surface area contributed by atoms with Gasteiger partial charge in [-0.1, -0.05) is 35.9 Å². The highest BCUT2D eigenvalue weighted by Crippen LogP contribution is 2.29. The molecule has 1 amide bonds. The van der Waals surface area contributed by atoms with Crippen LogP contribution in [0.1, 0.15) is 12.5 Å². The molecule has 5 nitrogen and oxygen atoms in total. The van der Waals surface area contributed by atoms with E-state index in [1.807, 2.05) is 0 Å². The van der Waals surface area contributed by atoms with Crippen molar-refractivity contribution in [2.45, 2.75) is 18.7 Å². The molecule has 0 bridgehead atoms. The van der Waals surface area contributed by atoms with E-state index in [1.165, 1.54) is 12.1 Å². The van der Waals surface area contributed by atoms with E-state index in [4.69, 9.17) is 11.6 Å². The van der Waals surface area contributed by atoms with Crippen LogP contribution >= 0.6 is 11.6 Å². The SMILES string of the molecule is CCNC(=O)CN(c1cc(Cl)ccc1C)S(=O)(=O)c1ccccc1. The van der Waals surface area contributed by atoms with Gasteiger partial charge in [0.15, 0.2) is 0 Å². The normalized spacial score (nSPS) is 11.1. The second-order valence-electron chi connectivity index (χ2n) is 5.21. The quantitative estimate of drug-likeness (QED) is 0.854. The molecule has 0 aromatic heterocycles. The minimum absolute atomic E-state index is 0.119. The molecule has 0 heterocycles. The number of anilines is 1. The van der Waals surface area contributed by atoms with Gasteiger partial charge in [-0.3, -0.25) is 9.10 Å². The van der Waals surface area contributed by atoms with E-state index in [0.717, 1.165) is 4.31 Å². The van der Waals surface area contributed by atoms with E-state index in [-0.39, 0.29) is 17.3 Å². The van der Waals surface area contributed by atoms with Crippen LogP contribution in [0.3, 0.4) is 0 Å². The summed E-state index contributed by atoms with van der Waals surface area (Å²) < 4.78 is 27.2. The van der Waals surface area contributed by atoms with Crippen LogP contribution in [-0.2, 0) is 14.8 Å². The van der Waals surface area contributed by atoms with E-state index in [9.17, 15) is 13.2 Å². The van der Waals surface area contributed by atoms with Crippen LogP contribution in [0.2, 0.25) is 5.02 Å². The number of nitrogens with zero attached hydrogens (tertiary/aromatic N) is 1. The van der Waals surface area contributed by atoms with Crippen LogP contribution < -0.4 is 9.62 Å². The summed E-state index contributed by atoms with van der Waals surface area (Å²) in [6.07, 6.45) is 0. The van der Waals surface area contributed by atoms with Crippen LogP contribution in [-0.4, -0.2) is 27.4 Å². The largest absolute Gasteiger partial charge is 0.355 e. The fourth-order valence-corrected chi connectivity index (χ4v) is 3.92. The highest BCUT2D eigenvalue weighted by atomic mass is 35.5. The van der Waals surface area contributed by atoms with Gasteiger partial charge in [0.2, 0.25) is 5.91 Å². The van der Waals surface area contributed by atoms with Gasteiger partial charge >= 0.3 is 0 Å².